The molecule has 8 heteroatoms. The van der Waals surface area contributed by atoms with Gasteiger partial charge in [-0.1, -0.05) is 0 Å². The number of alkyl halides is 1. The maximum Gasteiger partial charge on any atom is 0.139 e. The largest absolute Gasteiger partial charge is 0.395 e. The topological polar surface area (TPSA) is 90.2 Å². The van der Waals surface area contributed by atoms with Crippen LogP contribution in [0.15, 0.2) is 18.5 Å². The second kappa shape index (κ2) is 7.30. The van der Waals surface area contributed by atoms with Crippen molar-refractivity contribution >= 4 is 22.1 Å². The summed E-state index contributed by atoms with van der Waals surface area (Å²) in [5, 5.41) is 20.6. The Morgan fingerprint density at radius 2 is 2.19 bits per heavy atom. The number of hydrogen-bond donors (Lipinski definition) is 3. The minimum absolute atomic E-state index is 0.0483. The molecule has 4 rings (SSSR count). The van der Waals surface area contributed by atoms with Crippen molar-refractivity contribution in [1.82, 2.24) is 24.4 Å². The van der Waals surface area contributed by atoms with E-state index in [1.54, 1.807) is 6.20 Å². The minimum atomic E-state index is -0.305. The van der Waals surface area contributed by atoms with Crippen molar-refractivity contribution in [2.24, 2.45) is 0 Å². The van der Waals surface area contributed by atoms with Crippen LogP contribution >= 0.6 is 0 Å². The summed E-state index contributed by atoms with van der Waals surface area (Å²) in [6, 6.07) is 2.12. The van der Waals surface area contributed by atoms with Gasteiger partial charge < -0.3 is 19.8 Å². The molecule has 0 bridgehead atoms. The third-order valence-electron chi connectivity index (χ3n) is 5.36. The van der Waals surface area contributed by atoms with E-state index in [0.717, 1.165) is 48.0 Å². The average Bonchev–Trinajstić information content (AvgIpc) is 3.36. The van der Waals surface area contributed by atoms with Crippen molar-refractivity contribution in [3.05, 3.63) is 24.3 Å². The number of nitrogens with one attached hydrogen (secondary N) is 1. The number of fused-ring (bicyclic) bond motifs is 3. The van der Waals surface area contributed by atoms with E-state index in [9.17, 15) is 14.6 Å². The standard InChI is InChI=1S/C18H24FN5O2/c19-4-1-2-6-23-9-12(7-13(23)10-25)24-16(11-26)22-15-8-21-18-14(17(15)24)3-5-20-18/h3,5,8,12-13,25-26H,1-2,4,6-7,9-11H2,(H,20,21)/t12?,13-/m1/s1. The number of nitrogens with zero attached hydrogens (tertiary/aromatic N) is 4. The van der Waals surface area contributed by atoms with Crippen molar-refractivity contribution in [2.75, 3.05) is 26.4 Å². The molecule has 1 unspecified atom stereocenters. The van der Waals surface area contributed by atoms with E-state index in [0.29, 0.717) is 12.2 Å². The van der Waals surface area contributed by atoms with Crippen LogP contribution in [0.5, 0.6) is 0 Å². The van der Waals surface area contributed by atoms with Crippen molar-refractivity contribution in [1.29, 1.82) is 0 Å². The zero-order valence-corrected chi connectivity index (χ0v) is 14.6. The van der Waals surface area contributed by atoms with Crippen molar-refractivity contribution in [2.45, 2.75) is 38.0 Å². The zero-order valence-electron chi connectivity index (χ0n) is 14.6. The molecule has 3 aromatic heterocycles. The third kappa shape index (κ3) is 2.87. The van der Waals surface area contributed by atoms with Gasteiger partial charge in [0.1, 0.15) is 23.6 Å². The molecule has 0 spiro atoms. The van der Waals surface area contributed by atoms with E-state index < -0.39 is 0 Å². The number of aromatic amines is 1. The number of hydrogen-bond acceptors (Lipinski definition) is 5. The number of rotatable bonds is 7. The summed E-state index contributed by atoms with van der Waals surface area (Å²) in [7, 11) is 0. The molecule has 0 amide bonds. The molecule has 1 fully saturated rings. The van der Waals surface area contributed by atoms with Crippen LogP contribution in [0.25, 0.3) is 22.1 Å². The summed E-state index contributed by atoms with van der Waals surface area (Å²) in [5.41, 5.74) is 2.52. The molecule has 7 nitrogen and oxygen atoms in total. The molecule has 2 atom stereocenters. The molecule has 1 saturated heterocycles. The number of pyridine rings is 1. The lowest BCUT2D eigenvalue weighted by atomic mass is 10.1. The smallest absolute Gasteiger partial charge is 0.139 e. The molecule has 0 saturated carbocycles. The van der Waals surface area contributed by atoms with Crippen LogP contribution in [-0.4, -0.2) is 67.0 Å². The van der Waals surface area contributed by atoms with Gasteiger partial charge in [-0.05, 0) is 31.9 Å². The Morgan fingerprint density at radius 3 is 2.96 bits per heavy atom. The average molecular weight is 361 g/mol. The van der Waals surface area contributed by atoms with Crippen molar-refractivity contribution < 1.29 is 14.6 Å². The van der Waals surface area contributed by atoms with Gasteiger partial charge in [-0.2, -0.15) is 0 Å². The first kappa shape index (κ1) is 17.4. The fourth-order valence-corrected chi connectivity index (χ4v) is 4.16. The highest BCUT2D eigenvalue weighted by molar-refractivity contribution is 6.01. The van der Waals surface area contributed by atoms with Crippen molar-refractivity contribution in [3.8, 4) is 0 Å². The fourth-order valence-electron chi connectivity index (χ4n) is 4.16. The number of aliphatic hydroxyl groups excluding tert-OH is 2. The molecule has 0 aliphatic carbocycles. The monoisotopic (exact) mass is 361 g/mol. The normalized spacial score (nSPS) is 21.3. The van der Waals surface area contributed by atoms with E-state index in [1.807, 2.05) is 12.3 Å². The third-order valence-corrected chi connectivity index (χ3v) is 5.36. The van der Waals surface area contributed by atoms with Gasteiger partial charge >= 0.3 is 0 Å². The zero-order chi connectivity index (χ0) is 18.1. The van der Waals surface area contributed by atoms with Crippen LogP contribution in [0.4, 0.5) is 4.39 Å². The van der Waals surface area contributed by atoms with Gasteiger partial charge in [0.2, 0.25) is 0 Å². The van der Waals surface area contributed by atoms with Gasteiger partial charge in [0.15, 0.2) is 0 Å². The van der Waals surface area contributed by atoms with Crippen LogP contribution in [0.1, 0.15) is 31.1 Å². The molecule has 3 aromatic rings. The second-order valence-electron chi connectivity index (χ2n) is 6.91. The van der Waals surface area contributed by atoms with Crippen LogP contribution < -0.4 is 0 Å². The molecule has 3 N–H and O–H groups in total. The highest BCUT2D eigenvalue weighted by atomic mass is 19.1. The first-order valence-electron chi connectivity index (χ1n) is 9.11. The first-order chi connectivity index (χ1) is 12.8. The van der Waals surface area contributed by atoms with Gasteiger partial charge in [0.05, 0.1) is 25.0 Å². The van der Waals surface area contributed by atoms with Gasteiger partial charge in [0.25, 0.3) is 0 Å². The van der Waals surface area contributed by atoms with Gasteiger partial charge in [-0.15, -0.1) is 0 Å². The highest BCUT2D eigenvalue weighted by Gasteiger charge is 2.34. The predicted molar refractivity (Wildman–Crippen MR) is 96.6 cm³/mol. The van der Waals surface area contributed by atoms with Crippen molar-refractivity contribution in [3.63, 3.8) is 0 Å². The Kier molecular flexibility index (Phi) is 4.88. The molecule has 26 heavy (non-hydrogen) atoms. The van der Waals surface area contributed by atoms with Crippen LogP contribution in [0, 0.1) is 0 Å². The van der Waals surface area contributed by atoms with Crippen LogP contribution in [0.2, 0.25) is 0 Å². The quantitative estimate of drug-likeness (QED) is 0.558. The van der Waals surface area contributed by atoms with Gasteiger partial charge in [0, 0.05) is 30.2 Å². The van der Waals surface area contributed by atoms with Gasteiger partial charge in [-0.25, -0.2) is 9.97 Å². The summed E-state index contributed by atoms with van der Waals surface area (Å²) in [5.74, 6) is 0.614. The van der Waals surface area contributed by atoms with E-state index in [4.69, 9.17) is 0 Å². The molecule has 140 valence electrons. The van der Waals surface area contributed by atoms with E-state index in [1.165, 1.54) is 0 Å². The Balaban J connectivity index is 1.72. The number of imidazole rings is 1. The fraction of sp³-hybridized carbons (Fsp3) is 0.556. The lowest BCUT2D eigenvalue weighted by molar-refractivity contribution is 0.156. The number of unbranched alkanes of at least 4 members (excludes halogenated alkanes) is 1. The summed E-state index contributed by atoms with van der Waals surface area (Å²) < 4.78 is 14.5. The maximum atomic E-state index is 12.4. The van der Waals surface area contributed by atoms with E-state index in [-0.39, 0.29) is 32.0 Å². The Morgan fingerprint density at radius 1 is 1.31 bits per heavy atom. The lowest BCUT2D eigenvalue weighted by Crippen LogP contribution is -2.33. The molecular formula is C18H24FN5O2. The molecule has 4 heterocycles. The SMILES string of the molecule is OCc1nc2cnc3[nH]ccc3c2n1C1C[C@H](CO)N(CCCCF)C1. The number of aromatic nitrogens is 4. The van der Waals surface area contributed by atoms with Crippen LogP contribution in [0.3, 0.4) is 0 Å². The second-order valence-corrected chi connectivity index (χ2v) is 6.91. The Hall–Kier alpha value is -2.03. The number of aliphatic hydroxyl groups is 2. The number of halogens is 1. The van der Waals surface area contributed by atoms with Crippen LogP contribution in [-0.2, 0) is 6.61 Å². The molecular weight excluding hydrogens is 337 g/mol. The lowest BCUT2D eigenvalue weighted by Gasteiger charge is -2.22. The molecule has 1 aliphatic heterocycles. The number of likely N-dealkylation sites (tertiary alicyclic amines) is 1. The first-order valence-corrected chi connectivity index (χ1v) is 9.11. The predicted octanol–water partition coefficient (Wildman–Crippen LogP) is 1.76. The molecule has 1 aliphatic rings. The number of H-pyrrole nitrogens is 1. The highest BCUT2D eigenvalue weighted by Crippen LogP contribution is 2.34. The van der Waals surface area contributed by atoms with E-state index in [2.05, 4.69) is 24.4 Å². The Bertz CT molecular complexity index is 892. The van der Waals surface area contributed by atoms with Gasteiger partial charge in [-0.3, -0.25) is 9.29 Å². The Labute approximate surface area is 150 Å². The summed E-state index contributed by atoms with van der Waals surface area (Å²) >= 11 is 0. The molecule has 0 aromatic carbocycles. The van der Waals surface area contributed by atoms with E-state index >= 15 is 0 Å². The summed E-state index contributed by atoms with van der Waals surface area (Å²) in [4.78, 5) is 14.3. The minimum Gasteiger partial charge on any atom is -0.395 e. The summed E-state index contributed by atoms with van der Waals surface area (Å²) in [6.07, 6.45) is 5.68. The maximum absolute atomic E-state index is 12.4. The molecule has 0 radical (unpaired) electrons. The summed E-state index contributed by atoms with van der Waals surface area (Å²) in [6.45, 7) is 1.15.